The van der Waals surface area contributed by atoms with Crippen LogP contribution in [0.1, 0.15) is 38.9 Å². The van der Waals surface area contributed by atoms with E-state index >= 15 is 0 Å². The van der Waals surface area contributed by atoms with Crippen molar-refractivity contribution in [3.8, 4) is 0 Å². The highest BCUT2D eigenvalue weighted by molar-refractivity contribution is 14.1. The number of H-pyrrole nitrogens is 1. The highest BCUT2D eigenvalue weighted by Crippen LogP contribution is 2.26. The third kappa shape index (κ3) is 3.37. The van der Waals surface area contributed by atoms with E-state index in [1.165, 1.54) is 0 Å². The molecule has 1 saturated heterocycles. The van der Waals surface area contributed by atoms with Crippen LogP contribution in [0.25, 0.3) is 0 Å². The minimum Gasteiger partial charge on any atom is -0.444 e. The Labute approximate surface area is 120 Å². The van der Waals surface area contributed by atoms with Gasteiger partial charge in [0.15, 0.2) is 0 Å². The minimum absolute atomic E-state index is 0.230. The van der Waals surface area contributed by atoms with Gasteiger partial charge in [-0.2, -0.15) is 0 Å². The number of imidazole rings is 1. The summed E-state index contributed by atoms with van der Waals surface area (Å²) in [5.41, 5.74) is -0.435. The van der Waals surface area contributed by atoms with Crippen LogP contribution in [-0.4, -0.2) is 39.7 Å². The molecule has 1 fully saturated rings. The summed E-state index contributed by atoms with van der Waals surface area (Å²) in [5.74, 6) is 1.26. The first-order valence-electron chi connectivity index (χ1n) is 6.03. The molecule has 2 rings (SSSR count). The molecular weight excluding hydrogens is 345 g/mol. The minimum atomic E-state index is -0.435. The molecule has 2 heterocycles. The second-order valence-electron chi connectivity index (χ2n) is 5.53. The summed E-state index contributed by atoms with van der Waals surface area (Å²) < 4.78 is 6.39. The number of carbonyl (C=O) groups excluding carboxylic acids is 1. The number of halogens is 1. The van der Waals surface area contributed by atoms with E-state index in [4.69, 9.17) is 4.74 Å². The van der Waals surface area contributed by atoms with Gasteiger partial charge in [-0.05, 0) is 49.8 Å². The fourth-order valence-electron chi connectivity index (χ4n) is 2.00. The molecule has 1 amide bonds. The van der Waals surface area contributed by atoms with Gasteiger partial charge < -0.3 is 14.6 Å². The van der Waals surface area contributed by atoms with E-state index < -0.39 is 5.60 Å². The first-order valence-corrected chi connectivity index (χ1v) is 7.11. The van der Waals surface area contributed by atoms with Crippen LogP contribution in [0.4, 0.5) is 4.79 Å². The molecule has 0 saturated carbocycles. The topological polar surface area (TPSA) is 58.2 Å². The van der Waals surface area contributed by atoms with E-state index in [0.29, 0.717) is 12.5 Å². The summed E-state index contributed by atoms with van der Waals surface area (Å²) in [5, 5.41) is 0. The Hall–Kier alpha value is -0.790. The van der Waals surface area contributed by atoms with Crippen LogP contribution in [0.3, 0.4) is 0 Å². The molecule has 5 nitrogen and oxygen atoms in total. The number of aromatic nitrogens is 2. The van der Waals surface area contributed by atoms with Crippen LogP contribution >= 0.6 is 22.6 Å². The second-order valence-corrected chi connectivity index (χ2v) is 6.69. The Balaban J connectivity index is 1.94. The van der Waals surface area contributed by atoms with Crippen LogP contribution in [0, 0.1) is 3.70 Å². The van der Waals surface area contributed by atoms with Crippen LogP contribution < -0.4 is 0 Å². The van der Waals surface area contributed by atoms with Crippen molar-refractivity contribution in [2.24, 2.45) is 0 Å². The number of aromatic amines is 1. The first kappa shape index (κ1) is 13.6. The molecule has 1 aromatic rings. The molecule has 0 radical (unpaired) electrons. The average molecular weight is 363 g/mol. The molecule has 0 spiro atoms. The zero-order valence-electron chi connectivity index (χ0n) is 10.9. The molecule has 1 aromatic heterocycles. The highest BCUT2D eigenvalue weighted by atomic mass is 127. The number of nitrogens with one attached hydrogen (secondary N) is 1. The normalized spacial score (nSPS) is 20.2. The van der Waals surface area contributed by atoms with Crippen molar-refractivity contribution in [1.29, 1.82) is 0 Å². The van der Waals surface area contributed by atoms with Crippen molar-refractivity contribution >= 4 is 28.7 Å². The summed E-state index contributed by atoms with van der Waals surface area (Å²) in [4.78, 5) is 21.2. The van der Waals surface area contributed by atoms with Gasteiger partial charge in [0.1, 0.15) is 11.4 Å². The van der Waals surface area contributed by atoms with E-state index in [1.54, 1.807) is 4.90 Å². The Kier molecular flexibility index (Phi) is 3.84. The monoisotopic (exact) mass is 363 g/mol. The Morgan fingerprint density at radius 1 is 1.61 bits per heavy atom. The van der Waals surface area contributed by atoms with Gasteiger partial charge in [-0.3, -0.25) is 0 Å². The first-order chi connectivity index (χ1) is 8.35. The number of rotatable bonds is 1. The Morgan fingerprint density at radius 2 is 2.33 bits per heavy atom. The summed E-state index contributed by atoms with van der Waals surface area (Å²) in [6, 6.07) is 0. The van der Waals surface area contributed by atoms with Crippen LogP contribution in [0.2, 0.25) is 0 Å². The van der Waals surface area contributed by atoms with E-state index in [0.717, 1.165) is 22.5 Å². The maximum atomic E-state index is 11.9. The zero-order chi connectivity index (χ0) is 13.3. The quantitative estimate of drug-likeness (QED) is 0.781. The molecular formula is C12H18IN3O2. The molecule has 1 N–H and O–H groups in total. The third-order valence-corrected chi connectivity index (χ3v) is 3.34. The number of hydrogen-bond donors (Lipinski definition) is 1. The number of nitrogens with zero attached hydrogens (tertiary/aromatic N) is 2. The number of likely N-dealkylation sites (tertiary alicyclic amines) is 1. The standard InChI is InChI=1S/C12H18IN3O2/c1-12(2,3)18-11(17)16-5-4-8(7-16)10-14-6-9(13)15-10/h6,8H,4-5,7H2,1-3H3,(H,14,15). The largest absolute Gasteiger partial charge is 0.444 e. The fraction of sp³-hybridized carbons (Fsp3) is 0.667. The lowest BCUT2D eigenvalue weighted by Gasteiger charge is -2.24. The highest BCUT2D eigenvalue weighted by Gasteiger charge is 2.31. The van der Waals surface area contributed by atoms with Gasteiger partial charge in [0.05, 0.1) is 9.90 Å². The van der Waals surface area contributed by atoms with Gasteiger partial charge >= 0.3 is 6.09 Å². The van der Waals surface area contributed by atoms with Gasteiger partial charge in [-0.25, -0.2) is 9.78 Å². The van der Waals surface area contributed by atoms with Crippen LogP contribution in [0.5, 0.6) is 0 Å². The summed E-state index contributed by atoms with van der Waals surface area (Å²) >= 11 is 2.20. The van der Waals surface area contributed by atoms with Crippen molar-refractivity contribution in [1.82, 2.24) is 14.9 Å². The Bertz CT molecular complexity index is 439. The lowest BCUT2D eigenvalue weighted by atomic mass is 10.1. The third-order valence-electron chi connectivity index (χ3n) is 2.79. The van der Waals surface area contributed by atoms with Crippen molar-refractivity contribution < 1.29 is 9.53 Å². The molecule has 6 heteroatoms. The lowest BCUT2D eigenvalue weighted by Crippen LogP contribution is -2.35. The summed E-state index contributed by atoms with van der Waals surface area (Å²) in [6.07, 6.45) is 2.51. The Morgan fingerprint density at radius 3 is 2.89 bits per heavy atom. The SMILES string of the molecule is CC(C)(C)OC(=O)N1CCC(c2ncc(I)[nH]2)C1. The van der Waals surface area contributed by atoms with Gasteiger partial charge in [0.2, 0.25) is 0 Å². The molecule has 1 unspecified atom stereocenters. The maximum Gasteiger partial charge on any atom is 0.410 e. The summed E-state index contributed by atoms with van der Waals surface area (Å²) in [6.45, 7) is 7.06. The van der Waals surface area contributed by atoms with Crippen LogP contribution in [0.15, 0.2) is 6.20 Å². The number of ether oxygens (including phenoxy) is 1. The molecule has 0 bridgehead atoms. The molecule has 100 valence electrons. The van der Waals surface area contributed by atoms with E-state index in [-0.39, 0.29) is 6.09 Å². The van der Waals surface area contributed by atoms with Gasteiger partial charge in [0.25, 0.3) is 0 Å². The van der Waals surface area contributed by atoms with E-state index in [1.807, 2.05) is 27.0 Å². The van der Waals surface area contributed by atoms with Gasteiger partial charge in [-0.15, -0.1) is 0 Å². The van der Waals surface area contributed by atoms with Gasteiger partial charge in [-0.1, -0.05) is 0 Å². The van der Waals surface area contributed by atoms with E-state index in [9.17, 15) is 4.79 Å². The van der Waals surface area contributed by atoms with Crippen molar-refractivity contribution in [3.63, 3.8) is 0 Å². The molecule has 18 heavy (non-hydrogen) atoms. The molecule has 0 aliphatic carbocycles. The number of amides is 1. The van der Waals surface area contributed by atoms with Crippen molar-refractivity contribution in [3.05, 3.63) is 15.7 Å². The number of hydrogen-bond acceptors (Lipinski definition) is 3. The summed E-state index contributed by atoms with van der Waals surface area (Å²) in [7, 11) is 0. The molecule has 1 aliphatic rings. The van der Waals surface area contributed by atoms with Gasteiger partial charge in [0, 0.05) is 19.0 Å². The molecule has 0 aromatic carbocycles. The molecule has 1 atom stereocenters. The number of carbonyl (C=O) groups is 1. The maximum absolute atomic E-state index is 11.9. The lowest BCUT2D eigenvalue weighted by molar-refractivity contribution is 0.0292. The van der Waals surface area contributed by atoms with E-state index in [2.05, 4.69) is 32.6 Å². The smallest absolute Gasteiger partial charge is 0.410 e. The van der Waals surface area contributed by atoms with Crippen molar-refractivity contribution in [2.75, 3.05) is 13.1 Å². The second kappa shape index (κ2) is 5.07. The predicted molar refractivity (Wildman–Crippen MR) is 76.5 cm³/mol. The van der Waals surface area contributed by atoms with Crippen molar-refractivity contribution in [2.45, 2.75) is 38.7 Å². The fourth-order valence-corrected chi connectivity index (χ4v) is 2.41. The molecule has 1 aliphatic heterocycles. The van der Waals surface area contributed by atoms with Crippen LogP contribution in [-0.2, 0) is 4.74 Å². The average Bonchev–Trinajstić information content (AvgIpc) is 2.82. The zero-order valence-corrected chi connectivity index (χ0v) is 13.0. The predicted octanol–water partition coefficient (Wildman–Crippen LogP) is 2.74.